The van der Waals surface area contributed by atoms with E-state index in [1.165, 1.54) is 24.3 Å². The Bertz CT molecular complexity index is 1310. The molecule has 0 unspecified atom stereocenters. The van der Waals surface area contributed by atoms with Crippen LogP contribution in [0.1, 0.15) is 21.6 Å². The number of carbonyl (C=O) groups is 1. The zero-order chi connectivity index (χ0) is 21.3. The molecule has 0 fully saturated rings. The maximum atomic E-state index is 13.1. The molecule has 0 aliphatic rings. The molecule has 30 heavy (non-hydrogen) atoms. The van der Waals surface area contributed by atoms with Crippen molar-refractivity contribution in [2.45, 2.75) is 17.6 Å². The Kier molecular flexibility index (Phi) is 5.27. The second-order valence-electron chi connectivity index (χ2n) is 6.84. The lowest BCUT2D eigenvalue weighted by Gasteiger charge is -2.11. The Balaban J connectivity index is 1.77. The molecule has 2 heterocycles. The van der Waals surface area contributed by atoms with Gasteiger partial charge in [-0.3, -0.25) is 4.79 Å². The number of rotatable bonds is 6. The number of nitrogens with zero attached hydrogens (tertiary/aromatic N) is 2. The predicted octanol–water partition coefficient (Wildman–Crippen LogP) is 3.98. The summed E-state index contributed by atoms with van der Waals surface area (Å²) in [6.07, 6.45) is 0. The smallest absolute Gasteiger partial charge is 0.248 e. The Labute approximate surface area is 178 Å². The van der Waals surface area contributed by atoms with E-state index in [9.17, 15) is 13.2 Å². The van der Waals surface area contributed by atoms with Crippen molar-refractivity contribution in [1.82, 2.24) is 9.78 Å². The van der Waals surface area contributed by atoms with Gasteiger partial charge in [0, 0.05) is 5.56 Å². The summed E-state index contributed by atoms with van der Waals surface area (Å²) in [6.45, 7) is 1.96. The normalized spacial score (nSPS) is 11.5. The van der Waals surface area contributed by atoms with Crippen LogP contribution in [0.5, 0.6) is 0 Å². The van der Waals surface area contributed by atoms with Gasteiger partial charge in [-0.1, -0.05) is 24.3 Å². The summed E-state index contributed by atoms with van der Waals surface area (Å²) in [4.78, 5) is 12.4. The molecule has 0 saturated carbocycles. The maximum absolute atomic E-state index is 13.1. The van der Waals surface area contributed by atoms with E-state index < -0.39 is 15.7 Å². The van der Waals surface area contributed by atoms with Gasteiger partial charge in [-0.25, -0.2) is 13.1 Å². The van der Waals surface area contributed by atoms with E-state index in [0.29, 0.717) is 5.69 Å². The van der Waals surface area contributed by atoms with E-state index in [0.717, 1.165) is 21.8 Å². The fourth-order valence-electron chi connectivity index (χ4n) is 3.18. The molecule has 4 rings (SSSR count). The number of thiophene rings is 1. The third kappa shape index (κ3) is 3.92. The first kappa shape index (κ1) is 20.1. The first-order valence-electron chi connectivity index (χ1n) is 9.16. The van der Waals surface area contributed by atoms with Crippen molar-refractivity contribution in [2.75, 3.05) is 0 Å². The molecule has 2 aromatic carbocycles. The zero-order valence-corrected chi connectivity index (χ0v) is 17.8. The lowest BCUT2D eigenvalue weighted by atomic mass is 10.2. The fourth-order valence-corrected chi connectivity index (χ4v) is 5.18. The monoisotopic (exact) mass is 437 g/mol. The average molecular weight is 438 g/mol. The van der Waals surface area contributed by atoms with Crippen LogP contribution in [-0.4, -0.2) is 24.1 Å². The minimum Gasteiger partial charge on any atom is -0.366 e. The van der Waals surface area contributed by atoms with E-state index in [1.54, 1.807) is 16.0 Å². The molecule has 152 valence electrons. The van der Waals surface area contributed by atoms with Gasteiger partial charge in [-0.2, -0.15) is 5.10 Å². The minimum atomic E-state index is -3.66. The Morgan fingerprint density at radius 1 is 1.07 bits per heavy atom. The summed E-state index contributed by atoms with van der Waals surface area (Å²) >= 11 is 1.55. The van der Waals surface area contributed by atoms with Gasteiger partial charge in [-0.15, -0.1) is 11.3 Å². The average Bonchev–Trinajstić information content (AvgIpc) is 3.38. The van der Waals surface area contributed by atoms with Crippen molar-refractivity contribution in [1.29, 1.82) is 0 Å². The van der Waals surface area contributed by atoms with Crippen LogP contribution in [0, 0.1) is 6.92 Å². The topological polar surface area (TPSA) is 95.1 Å². The molecule has 0 radical (unpaired) electrons. The number of hydrogen-bond donors (Lipinski definition) is 1. The molecule has 6 nitrogen and oxygen atoms in total. The van der Waals surface area contributed by atoms with Crippen molar-refractivity contribution in [2.24, 2.45) is 5.73 Å². The van der Waals surface area contributed by atoms with Crippen LogP contribution in [0.3, 0.4) is 0 Å². The molecule has 2 N–H and O–H groups in total. The number of benzene rings is 2. The van der Waals surface area contributed by atoms with Crippen molar-refractivity contribution < 1.29 is 13.2 Å². The van der Waals surface area contributed by atoms with E-state index in [4.69, 9.17) is 10.8 Å². The van der Waals surface area contributed by atoms with Crippen molar-refractivity contribution in [3.05, 3.63) is 88.9 Å². The number of para-hydroxylation sites is 1. The van der Waals surface area contributed by atoms with Gasteiger partial charge >= 0.3 is 0 Å². The fraction of sp³-hybridized carbons (Fsp3) is 0.0909. The van der Waals surface area contributed by atoms with Gasteiger partial charge in [0.25, 0.3) is 0 Å². The molecule has 2 aromatic heterocycles. The van der Waals surface area contributed by atoms with Crippen LogP contribution < -0.4 is 5.73 Å². The summed E-state index contributed by atoms with van der Waals surface area (Å²) in [7, 11) is -3.66. The summed E-state index contributed by atoms with van der Waals surface area (Å²) in [5, 5.41) is 6.66. The largest absolute Gasteiger partial charge is 0.366 e. The number of sulfone groups is 1. The highest BCUT2D eigenvalue weighted by atomic mass is 32.2. The van der Waals surface area contributed by atoms with E-state index in [1.807, 2.05) is 54.8 Å². The van der Waals surface area contributed by atoms with Crippen LogP contribution in [0.25, 0.3) is 16.3 Å². The second-order valence-corrected chi connectivity index (χ2v) is 9.78. The Morgan fingerprint density at radius 2 is 1.80 bits per heavy atom. The molecular formula is C22H19N3O3S2. The second kappa shape index (κ2) is 7.89. The summed E-state index contributed by atoms with van der Waals surface area (Å²) in [5.41, 5.74) is 8.61. The van der Waals surface area contributed by atoms with Gasteiger partial charge in [0.15, 0.2) is 9.84 Å². The lowest BCUT2D eigenvalue weighted by molar-refractivity contribution is 0.1000. The molecular weight excluding hydrogens is 418 g/mol. The predicted molar refractivity (Wildman–Crippen MR) is 117 cm³/mol. The van der Waals surface area contributed by atoms with Crippen LogP contribution in [0.4, 0.5) is 0 Å². The molecule has 0 saturated heterocycles. The standard InChI is InChI=1S/C22H19N3O3S2/c1-15-5-2-3-6-20(15)25-17(13-19(24-25)21-7-4-12-29-21)14-30(27,28)18-10-8-16(9-11-18)22(23)26/h2-13H,14H2,1H3,(H2,23,26). The van der Waals surface area contributed by atoms with E-state index in [-0.39, 0.29) is 16.2 Å². The number of primary amides is 1. The van der Waals surface area contributed by atoms with Gasteiger partial charge in [0.05, 0.1) is 26.9 Å². The van der Waals surface area contributed by atoms with Crippen molar-refractivity contribution >= 4 is 27.1 Å². The number of carbonyl (C=O) groups excluding carboxylic acids is 1. The molecule has 0 atom stereocenters. The number of aryl methyl sites for hydroxylation is 1. The molecule has 0 bridgehead atoms. The SMILES string of the molecule is Cc1ccccc1-n1nc(-c2cccs2)cc1CS(=O)(=O)c1ccc(C(N)=O)cc1. The third-order valence-electron chi connectivity index (χ3n) is 4.74. The molecule has 0 spiro atoms. The Morgan fingerprint density at radius 3 is 2.43 bits per heavy atom. The highest BCUT2D eigenvalue weighted by Gasteiger charge is 2.21. The molecule has 8 heteroatoms. The molecule has 4 aromatic rings. The Hall–Kier alpha value is -3.23. The van der Waals surface area contributed by atoms with E-state index >= 15 is 0 Å². The van der Waals surface area contributed by atoms with Gasteiger partial charge < -0.3 is 5.73 Å². The van der Waals surface area contributed by atoms with Crippen LogP contribution in [0.15, 0.2) is 77.0 Å². The van der Waals surface area contributed by atoms with Crippen LogP contribution >= 0.6 is 11.3 Å². The van der Waals surface area contributed by atoms with Crippen molar-refractivity contribution in [3.63, 3.8) is 0 Å². The highest BCUT2D eigenvalue weighted by molar-refractivity contribution is 7.90. The van der Waals surface area contributed by atoms with Gasteiger partial charge in [0.2, 0.25) is 5.91 Å². The lowest BCUT2D eigenvalue weighted by Crippen LogP contribution is -2.13. The van der Waals surface area contributed by atoms with E-state index in [2.05, 4.69) is 0 Å². The van der Waals surface area contributed by atoms with Gasteiger partial charge in [0.1, 0.15) is 5.69 Å². The number of nitrogens with two attached hydrogens (primary N) is 1. The summed E-state index contributed by atoms with van der Waals surface area (Å²) < 4.78 is 27.9. The quantitative estimate of drug-likeness (QED) is 0.493. The number of aromatic nitrogens is 2. The minimum absolute atomic E-state index is 0.128. The van der Waals surface area contributed by atoms with Crippen LogP contribution in [-0.2, 0) is 15.6 Å². The van der Waals surface area contributed by atoms with Crippen molar-refractivity contribution in [3.8, 4) is 16.3 Å². The first-order valence-corrected chi connectivity index (χ1v) is 11.7. The maximum Gasteiger partial charge on any atom is 0.248 e. The van der Waals surface area contributed by atoms with Crippen LogP contribution in [0.2, 0.25) is 0 Å². The molecule has 0 aliphatic carbocycles. The third-order valence-corrected chi connectivity index (χ3v) is 7.29. The zero-order valence-electron chi connectivity index (χ0n) is 16.1. The summed E-state index contributed by atoms with van der Waals surface area (Å²) in [5.74, 6) is -0.826. The van der Waals surface area contributed by atoms with Gasteiger partial charge in [-0.05, 0) is 60.3 Å². The first-order chi connectivity index (χ1) is 14.3. The highest BCUT2D eigenvalue weighted by Crippen LogP contribution is 2.28. The summed E-state index contributed by atoms with van der Waals surface area (Å²) in [6, 6.07) is 19.1. The number of amides is 1. The number of hydrogen-bond acceptors (Lipinski definition) is 5. The molecule has 0 aliphatic heterocycles. The molecule has 1 amide bonds.